The molecule has 0 fully saturated rings. The molecule has 0 saturated carbocycles. The molecule has 0 aliphatic heterocycles. The number of fused-ring (bicyclic) bond motifs is 1. The number of aromatic nitrogens is 3. The van der Waals surface area contributed by atoms with E-state index in [9.17, 15) is 0 Å². The molecule has 18 heavy (non-hydrogen) atoms. The molecule has 0 N–H and O–H groups in total. The van der Waals surface area contributed by atoms with Gasteiger partial charge in [-0.1, -0.05) is 11.3 Å². The van der Waals surface area contributed by atoms with Crippen molar-refractivity contribution >= 4 is 33.4 Å². The van der Waals surface area contributed by atoms with Gasteiger partial charge in [0.25, 0.3) is 5.22 Å². The van der Waals surface area contributed by atoms with Crippen LogP contribution in [-0.2, 0) is 0 Å². The fourth-order valence-corrected chi connectivity index (χ4v) is 3.25. The summed E-state index contributed by atoms with van der Waals surface area (Å²) in [5, 5.41) is 0.596. The van der Waals surface area contributed by atoms with E-state index in [1.165, 1.54) is 23.1 Å². The van der Waals surface area contributed by atoms with Crippen LogP contribution in [0.5, 0.6) is 5.88 Å². The molecule has 0 saturated heterocycles. The van der Waals surface area contributed by atoms with Crippen molar-refractivity contribution in [1.82, 2.24) is 15.0 Å². The summed E-state index contributed by atoms with van der Waals surface area (Å²) in [7, 11) is 1.60. The lowest BCUT2D eigenvalue weighted by atomic mass is 10.4. The lowest BCUT2D eigenvalue weighted by molar-refractivity contribution is 0.400. The normalized spacial score (nSPS) is 11.0. The summed E-state index contributed by atoms with van der Waals surface area (Å²) in [4.78, 5) is 13.9. The monoisotopic (exact) mass is 279 g/mol. The Hall–Kier alpha value is -1.60. The summed E-state index contributed by atoms with van der Waals surface area (Å²) in [6.07, 6.45) is 1.62. The maximum Gasteiger partial charge on any atom is 0.263 e. The number of nitrogens with zero attached hydrogens (tertiary/aromatic N) is 3. The Labute approximate surface area is 111 Å². The molecule has 0 spiro atoms. The van der Waals surface area contributed by atoms with E-state index in [0.717, 1.165) is 20.4 Å². The van der Waals surface area contributed by atoms with E-state index in [-0.39, 0.29) is 0 Å². The molecule has 5 nitrogen and oxygen atoms in total. The van der Waals surface area contributed by atoms with Crippen molar-refractivity contribution in [2.45, 2.75) is 16.5 Å². The van der Waals surface area contributed by atoms with Gasteiger partial charge in [0.2, 0.25) is 5.88 Å². The van der Waals surface area contributed by atoms with Gasteiger partial charge in [0.1, 0.15) is 16.6 Å². The summed E-state index contributed by atoms with van der Waals surface area (Å²) < 4.78 is 11.2. The van der Waals surface area contributed by atoms with Crippen LogP contribution in [0.2, 0.25) is 0 Å². The topological polar surface area (TPSA) is 61.0 Å². The van der Waals surface area contributed by atoms with Crippen molar-refractivity contribution in [2.24, 2.45) is 0 Å². The first kappa shape index (κ1) is 11.5. The van der Waals surface area contributed by atoms with Crippen LogP contribution in [0.15, 0.2) is 32.4 Å². The van der Waals surface area contributed by atoms with Crippen LogP contribution in [0.4, 0.5) is 0 Å². The first-order chi connectivity index (χ1) is 8.74. The second kappa shape index (κ2) is 4.58. The lowest BCUT2D eigenvalue weighted by Gasteiger charge is -1.94. The van der Waals surface area contributed by atoms with Crippen LogP contribution >= 0.6 is 23.1 Å². The van der Waals surface area contributed by atoms with E-state index in [0.29, 0.717) is 11.1 Å². The van der Waals surface area contributed by atoms with Gasteiger partial charge in [-0.25, -0.2) is 15.0 Å². The Kier molecular flexibility index (Phi) is 2.92. The molecule has 0 radical (unpaired) electrons. The number of pyridine rings is 1. The standard InChI is InChI=1S/C11H9N3O2S2/c1-6-5-16-10(12-6)18-11-13-7-3-4-8(15-2)14-9(7)17-11/h3-5H,1-2H3. The molecule has 0 aliphatic carbocycles. The predicted molar refractivity (Wildman–Crippen MR) is 69.3 cm³/mol. The smallest absolute Gasteiger partial charge is 0.263 e. The molecule has 0 atom stereocenters. The Bertz CT molecular complexity index is 692. The second-order valence-corrected chi connectivity index (χ2v) is 5.69. The third-order valence-corrected chi connectivity index (χ3v) is 4.08. The largest absolute Gasteiger partial charge is 0.481 e. The van der Waals surface area contributed by atoms with Gasteiger partial charge in [0, 0.05) is 17.8 Å². The average molecular weight is 279 g/mol. The molecule has 0 bridgehead atoms. The molecular weight excluding hydrogens is 270 g/mol. The van der Waals surface area contributed by atoms with Gasteiger partial charge in [-0.15, -0.1) is 0 Å². The maximum absolute atomic E-state index is 5.28. The van der Waals surface area contributed by atoms with Gasteiger partial charge < -0.3 is 9.15 Å². The number of aryl methyl sites for hydroxylation is 1. The maximum atomic E-state index is 5.28. The number of rotatable bonds is 3. The van der Waals surface area contributed by atoms with E-state index in [4.69, 9.17) is 9.15 Å². The number of ether oxygens (including phenoxy) is 1. The van der Waals surface area contributed by atoms with Gasteiger partial charge in [0.05, 0.1) is 12.8 Å². The number of methoxy groups -OCH3 is 1. The fraction of sp³-hybridized carbons (Fsp3) is 0.182. The van der Waals surface area contributed by atoms with Gasteiger partial charge in [-0.3, -0.25) is 0 Å². The fourth-order valence-electron chi connectivity index (χ4n) is 1.39. The van der Waals surface area contributed by atoms with Crippen LogP contribution in [-0.4, -0.2) is 22.1 Å². The van der Waals surface area contributed by atoms with E-state index in [1.54, 1.807) is 19.4 Å². The summed E-state index contributed by atoms with van der Waals surface area (Å²) in [5.74, 6) is 0.592. The number of hydrogen-bond donors (Lipinski definition) is 0. The van der Waals surface area contributed by atoms with E-state index in [2.05, 4.69) is 15.0 Å². The molecular formula is C11H9N3O2S2. The van der Waals surface area contributed by atoms with Gasteiger partial charge in [-0.2, -0.15) is 0 Å². The summed E-state index contributed by atoms with van der Waals surface area (Å²) in [6, 6.07) is 3.69. The van der Waals surface area contributed by atoms with Crippen molar-refractivity contribution in [3.8, 4) is 5.88 Å². The van der Waals surface area contributed by atoms with E-state index < -0.39 is 0 Å². The van der Waals surface area contributed by atoms with E-state index in [1.807, 2.05) is 13.0 Å². The van der Waals surface area contributed by atoms with E-state index >= 15 is 0 Å². The highest BCUT2D eigenvalue weighted by Gasteiger charge is 2.10. The zero-order valence-corrected chi connectivity index (χ0v) is 11.3. The number of oxazole rings is 1. The minimum absolute atomic E-state index is 0.592. The Morgan fingerprint density at radius 3 is 2.89 bits per heavy atom. The Morgan fingerprint density at radius 2 is 2.17 bits per heavy atom. The average Bonchev–Trinajstić information content (AvgIpc) is 2.94. The zero-order valence-electron chi connectivity index (χ0n) is 9.71. The summed E-state index contributed by atoms with van der Waals surface area (Å²) in [5.41, 5.74) is 1.71. The SMILES string of the molecule is COc1ccc2nc(Sc3nc(C)co3)sc2n1. The van der Waals surface area contributed by atoms with Gasteiger partial charge >= 0.3 is 0 Å². The van der Waals surface area contributed by atoms with Crippen LogP contribution in [0.3, 0.4) is 0 Å². The van der Waals surface area contributed by atoms with Crippen molar-refractivity contribution in [3.05, 3.63) is 24.1 Å². The molecule has 0 amide bonds. The molecule has 7 heteroatoms. The van der Waals surface area contributed by atoms with Gasteiger partial charge in [-0.05, 0) is 13.0 Å². The van der Waals surface area contributed by atoms with Crippen LogP contribution in [0.25, 0.3) is 10.3 Å². The third-order valence-electron chi connectivity index (χ3n) is 2.19. The van der Waals surface area contributed by atoms with Crippen LogP contribution < -0.4 is 4.74 Å². The zero-order chi connectivity index (χ0) is 12.5. The lowest BCUT2D eigenvalue weighted by Crippen LogP contribution is -1.85. The van der Waals surface area contributed by atoms with Crippen LogP contribution in [0.1, 0.15) is 5.69 Å². The molecule has 3 aromatic heterocycles. The van der Waals surface area contributed by atoms with Crippen LogP contribution in [0, 0.1) is 6.92 Å². The van der Waals surface area contributed by atoms with Crippen molar-refractivity contribution in [1.29, 1.82) is 0 Å². The molecule has 0 unspecified atom stereocenters. The Balaban J connectivity index is 1.93. The highest BCUT2D eigenvalue weighted by atomic mass is 32.2. The highest BCUT2D eigenvalue weighted by Crippen LogP contribution is 2.33. The van der Waals surface area contributed by atoms with Crippen molar-refractivity contribution in [3.63, 3.8) is 0 Å². The highest BCUT2D eigenvalue weighted by molar-refractivity contribution is 8.00. The first-order valence-electron chi connectivity index (χ1n) is 5.16. The summed E-state index contributed by atoms with van der Waals surface area (Å²) >= 11 is 2.89. The van der Waals surface area contributed by atoms with Gasteiger partial charge in [0.15, 0.2) is 4.34 Å². The third kappa shape index (κ3) is 2.19. The summed E-state index contributed by atoms with van der Waals surface area (Å²) in [6.45, 7) is 1.89. The molecule has 3 aromatic rings. The predicted octanol–water partition coefficient (Wildman–Crippen LogP) is 3.15. The quantitative estimate of drug-likeness (QED) is 0.734. The number of hydrogen-bond acceptors (Lipinski definition) is 7. The van der Waals surface area contributed by atoms with Crippen molar-refractivity contribution < 1.29 is 9.15 Å². The Morgan fingerprint density at radius 1 is 1.28 bits per heavy atom. The second-order valence-electron chi connectivity index (χ2n) is 3.51. The molecule has 0 aromatic carbocycles. The molecule has 92 valence electrons. The minimum Gasteiger partial charge on any atom is -0.481 e. The minimum atomic E-state index is 0.592. The molecule has 3 rings (SSSR count). The van der Waals surface area contributed by atoms with Crippen molar-refractivity contribution in [2.75, 3.05) is 7.11 Å². The first-order valence-corrected chi connectivity index (χ1v) is 6.79. The molecule has 3 heterocycles. The molecule has 0 aliphatic rings. The number of thiazole rings is 1.